The number of anilines is 1. The first kappa shape index (κ1) is 21.8. The van der Waals surface area contributed by atoms with Crippen molar-refractivity contribution in [3.63, 3.8) is 0 Å². The molecule has 160 valence electrons. The Labute approximate surface area is 180 Å². The molecule has 0 aliphatic heterocycles. The molecule has 1 aromatic heterocycles. The molecule has 0 spiro atoms. The van der Waals surface area contributed by atoms with Gasteiger partial charge in [-0.05, 0) is 55.8 Å². The summed E-state index contributed by atoms with van der Waals surface area (Å²) in [4.78, 5) is 38.7. The van der Waals surface area contributed by atoms with E-state index in [1.54, 1.807) is 40.0 Å². The highest BCUT2D eigenvalue weighted by Crippen LogP contribution is 2.13. The highest BCUT2D eigenvalue weighted by atomic mass is 16.2. The fraction of sp³-hybridized carbons (Fsp3) is 0.217. The maximum absolute atomic E-state index is 12.5. The topological polar surface area (TPSA) is 96.3 Å². The van der Waals surface area contributed by atoms with Gasteiger partial charge in [-0.15, -0.1) is 0 Å². The van der Waals surface area contributed by atoms with Crippen LogP contribution in [0.1, 0.15) is 29.8 Å². The minimum Gasteiger partial charge on any atom is -0.344 e. The second kappa shape index (κ2) is 10.2. The summed E-state index contributed by atoms with van der Waals surface area (Å²) in [5, 5.41) is 9.33. The molecule has 31 heavy (non-hydrogen) atoms. The summed E-state index contributed by atoms with van der Waals surface area (Å²) in [5.74, 6) is -1.68. The van der Waals surface area contributed by atoms with Gasteiger partial charge in [0.1, 0.15) is 0 Å². The van der Waals surface area contributed by atoms with Gasteiger partial charge in [-0.1, -0.05) is 18.2 Å². The second-order valence-electron chi connectivity index (χ2n) is 6.82. The van der Waals surface area contributed by atoms with Crippen LogP contribution in [-0.2, 0) is 16.1 Å². The number of hydrogen-bond donors (Lipinski definition) is 2. The number of nitrogens with zero attached hydrogens (tertiary/aromatic N) is 3. The van der Waals surface area contributed by atoms with Crippen LogP contribution in [-0.4, -0.2) is 45.5 Å². The second-order valence-corrected chi connectivity index (χ2v) is 6.82. The number of benzene rings is 2. The first-order valence-electron chi connectivity index (χ1n) is 10.1. The molecule has 3 amide bonds. The predicted molar refractivity (Wildman–Crippen MR) is 118 cm³/mol. The van der Waals surface area contributed by atoms with Gasteiger partial charge in [-0.3, -0.25) is 14.4 Å². The van der Waals surface area contributed by atoms with Crippen molar-refractivity contribution in [2.45, 2.75) is 20.4 Å². The van der Waals surface area contributed by atoms with Crippen molar-refractivity contribution >= 4 is 23.4 Å². The summed E-state index contributed by atoms with van der Waals surface area (Å²) >= 11 is 0. The van der Waals surface area contributed by atoms with Crippen LogP contribution in [0.15, 0.2) is 67.0 Å². The molecular formula is C23H25N5O3. The molecule has 0 fully saturated rings. The number of aromatic nitrogens is 2. The summed E-state index contributed by atoms with van der Waals surface area (Å²) in [6, 6.07) is 15.9. The molecule has 0 bridgehead atoms. The molecule has 8 heteroatoms. The van der Waals surface area contributed by atoms with E-state index in [2.05, 4.69) is 15.7 Å². The van der Waals surface area contributed by atoms with Crippen molar-refractivity contribution < 1.29 is 14.4 Å². The van der Waals surface area contributed by atoms with Crippen molar-refractivity contribution in [2.75, 3.05) is 18.4 Å². The standard InChI is InChI=1S/C23H25N5O3/c1-3-27(4-2)23(31)18-9-6-10-19(15-18)26-22(30)21(29)24-16-17-8-5-11-20(14-17)28-13-7-12-25-28/h5-15H,3-4,16H2,1-2H3,(H,24,29)(H,26,30). The van der Waals surface area contributed by atoms with Crippen molar-refractivity contribution in [1.29, 1.82) is 0 Å². The minimum absolute atomic E-state index is 0.123. The Balaban J connectivity index is 1.59. The zero-order valence-corrected chi connectivity index (χ0v) is 17.5. The Kier molecular flexibility index (Phi) is 7.16. The summed E-state index contributed by atoms with van der Waals surface area (Å²) in [6.07, 6.45) is 3.51. The molecule has 0 saturated carbocycles. The smallest absolute Gasteiger partial charge is 0.313 e. The molecular weight excluding hydrogens is 394 g/mol. The highest BCUT2D eigenvalue weighted by molar-refractivity contribution is 6.39. The van der Waals surface area contributed by atoms with Crippen LogP contribution in [0.4, 0.5) is 5.69 Å². The van der Waals surface area contributed by atoms with Gasteiger partial charge in [0, 0.05) is 43.3 Å². The van der Waals surface area contributed by atoms with Crippen LogP contribution >= 0.6 is 0 Å². The number of hydrogen-bond acceptors (Lipinski definition) is 4. The maximum Gasteiger partial charge on any atom is 0.313 e. The predicted octanol–water partition coefficient (Wildman–Crippen LogP) is 2.61. The van der Waals surface area contributed by atoms with E-state index in [9.17, 15) is 14.4 Å². The third kappa shape index (κ3) is 5.57. The van der Waals surface area contributed by atoms with Crippen molar-refractivity contribution in [3.8, 4) is 5.69 Å². The van der Waals surface area contributed by atoms with E-state index in [1.807, 2.05) is 50.4 Å². The molecule has 0 atom stereocenters. The zero-order chi connectivity index (χ0) is 22.2. The third-order valence-corrected chi connectivity index (χ3v) is 4.76. The minimum atomic E-state index is -0.796. The molecule has 8 nitrogen and oxygen atoms in total. The SMILES string of the molecule is CCN(CC)C(=O)c1cccc(NC(=O)C(=O)NCc2cccc(-n3cccn3)c2)c1. The van der Waals surface area contributed by atoms with E-state index < -0.39 is 11.8 Å². The molecule has 2 N–H and O–H groups in total. The van der Waals surface area contributed by atoms with Gasteiger partial charge in [0.2, 0.25) is 0 Å². The van der Waals surface area contributed by atoms with Gasteiger partial charge in [0.15, 0.2) is 0 Å². The van der Waals surface area contributed by atoms with Gasteiger partial charge in [0.05, 0.1) is 5.69 Å². The Morgan fingerprint density at radius 3 is 2.45 bits per heavy atom. The van der Waals surface area contributed by atoms with E-state index in [4.69, 9.17) is 0 Å². The van der Waals surface area contributed by atoms with Crippen LogP contribution in [0.5, 0.6) is 0 Å². The van der Waals surface area contributed by atoms with Crippen LogP contribution in [0.2, 0.25) is 0 Å². The molecule has 1 heterocycles. The zero-order valence-electron chi connectivity index (χ0n) is 17.5. The Morgan fingerprint density at radius 2 is 1.74 bits per heavy atom. The van der Waals surface area contributed by atoms with Crippen LogP contribution < -0.4 is 10.6 Å². The number of carbonyl (C=O) groups is 3. The van der Waals surface area contributed by atoms with Crippen LogP contribution in [0, 0.1) is 0 Å². The first-order chi connectivity index (χ1) is 15.0. The van der Waals surface area contributed by atoms with Crippen LogP contribution in [0.25, 0.3) is 5.69 Å². The summed E-state index contributed by atoms with van der Waals surface area (Å²) < 4.78 is 1.71. The lowest BCUT2D eigenvalue weighted by atomic mass is 10.1. The first-order valence-corrected chi connectivity index (χ1v) is 10.1. The molecule has 0 aliphatic rings. The summed E-state index contributed by atoms with van der Waals surface area (Å²) in [6.45, 7) is 5.19. The fourth-order valence-electron chi connectivity index (χ4n) is 3.10. The number of amides is 3. The van der Waals surface area contributed by atoms with Crippen molar-refractivity contribution in [1.82, 2.24) is 20.0 Å². The molecule has 0 aliphatic carbocycles. The number of nitrogens with one attached hydrogen (secondary N) is 2. The lowest BCUT2D eigenvalue weighted by Crippen LogP contribution is -2.35. The molecule has 0 radical (unpaired) electrons. The summed E-state index contributed by atoms with van der Waals surface area (Å²) in [5.41, 5.74) is 2.54. The Hall–Kier alpha value is -3.94. The fourth-order valence-corrected chi connectivity index (χ4v) is 3.10. The number of rotatable bonds is 7. The normalized spacial score (nSPS) is 10.4. The number of carbonyl (C=O) groups excluding carboxylic acids is 3. The van der Waals surface area contributed by atoms with E-state index in [1.165, 1.54) is 0 Å². The van der Waals surface area contributed by atoms with Gasteiger partial charge in [-0.25, -0.2) is 4.68 Å². The Morgan fingerprint density at radius 1 is 0.968 bits per heavy atom. The monoisotopic (exact) mass is 419 g/mol. The van der Waals surface area contributed by atoms with E-state index in [-0.39, 0.29) is 12.5 Å². The maximum atomic E-state index is 12.5. The van der Waals surface area contributed by atoms with Crippen molar-refractivity contribution in [2.24, 2.45) is 0 Å². The molecule has 3 rings (SSSR count). The van der Waals surface area contributed by atoms with Gasteiger partial charge in [-0.2, -0.15) is 5.10 Å². The molecule has 0 unspecified atom stereocenters. The molecule has 0 saturated heterocycles. The quantitative estimate of drug-likeness (QED) is 0.576. The van der Waals surface area contributed by atoms with E-state index >= 15 is 0 Å². The lowest BCUT2D eigenvalue weighted by molar-refractivity contribution is -0.136. The van der Waals surface area contributed by atoms with Crippen molar-refractivity contribution in [3.05, 3.63) is 78.1 Å². The van der Waals surface area contributed by atoms with Gasteiger partial charge < -0.3 is 15.5 Å². The largest absolute Gasteiger partial charge is 0.344 e. The highest BCUT2D eigenvalue weighted by Gasteiger charge is 2.16. The Bertz CT molecular complexity index is 1060. The lowest BCUT2D eigenvalue weighted by Gasteiger charge is -2.19. The van der Waals surface area contributed by atoms with Gasteiger partial charge >= 0.3 is 11.8 Å². The van der Waals surface area contributed by atoms with E-state index in [0.29, 0.717) is 24.3 Å². The average molecular weight is 419 g/mol. The van der Waals surface area contributed by atoms with Crippen LogP contribution in [0.3, 0.4) is 0 Å². The summed E-state index contributed by atoms with van der Waals surface area (Å²) in [7, 11) is 0. The van der Waals surface area contributed by atoms with E-state index in [0.717, 1.165) is 11.3 Å². The molecule has 2 aromatic carbocycles. The molecule has 3 aromatic rings. The van der Waals surface area contributed by atoms with Gasteiger partial charge in [0.25, 0.3) is 5.91 Å². The third-order valence-electron chi connectivity index (χ3n) is 4.76. The average Bonchev–Trinajstić information content (AvgIpc) is 3.33.